The van der Waals surface area contributed by atoms with Gasteiger partial charge in [-0.25, -0.2) is 9.59 Å². The van der Waals surface area contributed by atoms with Crippen LogP contribution in [0.3, 0.4) is 0 Å². The van der Waals surface area contributed by atoms with E-state index in [-0.39, 0.29) is 36.9 Å². The zero-order valence-corrected chi connectivity index (χ0v) is 16.6. The van der Waals surface area contributed by atoms with Gasteiger partial charge in [0.2, 0.25) is 5.91 Å². The summed E-state index contributed by atoms with van der Waals surface area (Å²) in [7, 11) is 2.85. The molecule has 1 aliphatic heterocycles. The second kappa shape index (κ2) is 9.17. The molecule has 0 bridgehead atoms. The number of amides is 2. The molecule has 30 heavy (non-hydrogen) atoms. The predicted octanol–water partition coefficient (Wildman–Crippen LogP) is 2.64. The van der Waals surface area contributed by atoms with Crippen molar-refractivity contribution in [2.75, 3.05) is 19.5 Å². The number of hydrogen-bond acceptors (Lipinski definition) is 6. The van der Waals surface area contributed by atoms with E-state index in [0.717, 1.165) is 5.56 Å². The van der Waals surface area contributed by atoms with Gasteiger partial charge >= 0.3 is 12.1 Å². The summed E-state index contributed by atoms with van der Waals surface area (Å²) in [4.78, 5) is 36.7. The number of benzene rings is 2. The van der Waals surface area contributed by atoms with Crippen LogP contribution in [0.4, 0.5) is 10.5 Å². The molecule has 2 aromatic rings. The van der Waals surface area contributed by atoms with E-state index in [1.807, 2.05) is 30.3 Å². The van der Waals surface area contributed by atoms with Crippen LogP contribution in [-0.2, 0) is 27.5 Å². The van der Waals surface area contributed by atoms with Crippen molar-refractivity contribution in [3.8, 4) is 11.5 Å². The van der Waals surface area contributed by atoms with Gasteiger partial charge in [0.05, 0.1) is 27.2 Å². The minimum Gasteiger partial charge on any atom is -0.494 e. The highest BCUT2D eigenvalue weighted by Gasteiger charge is 2.41. The summed E-state index contributed by atoms with van der Waals surface area (Å²) in [5, 5.41) is 11.8. The normalized spacial score (nSPS) is 15.2. The number of carbonyl (C=O) groups is 3. The highest BCUT2D eigenvalue weighted by molar-refractivity contribution is 5.94. The number of aliphatic carboxylic acids is 1. The van der Waals surface area contributed by atoms with Crippen LogP contribution in [-0.4, -0.2) is 48.2 Å². The first-order valence-corrected chi connectivity index (χ1v) is 9.18. The van der Waals surface area contributed by atoms with E-state index in [1.165, 1.54) is 19.1 Å². The maximum absolute atomic E-state index is 12.3. The molecule has 2 aromatic carbocycles. The number of likely N-dealkylation sites (tertiary alicyclic amines) is 1. The lowest BCUT2D eigenvalue weighted by Crippen LogP contribution is -2.55. The second-order valence-electron chi connectivity index (χ2n) is 6.60. The van der Waals surface area contributed by atoms with Gasteiger partial charge < -0.3 is 24.2 Å². The lowest BCUT2D eigenvalue weighted by Gasteiger charge is -2.37. The first-order chi connectivity index (χ1) is 14.4. The summed E-state index contributed by atoms with van der Waals surface area (Å²) in [5.74, 6) is -0.742. The van der Waals surface area contributed by atoms with E-state index in [1.54, 1.807) is 12.1 Å². The minimum absolute atomic E-state index is 0.0245. The van der Waals surface area contributed by atoms with Crippen molar-refractivity contribution < 1.29 is 33.7 Å². The zero-order valence-electron chi connectivity index (χ0n) is 16.6. The van der Waals surface area contributed by atoms with Gasteiger partial charge in [0.25, 0.3) is 0 Å². The van der Waals surface area contributed by atoms with Crippen LogP contribution >= 0.6 is 0 Å². The molecule has 0 aliphatic carbocycles. The Balaban J connectivity index is 1.78. The fourth-order valence-corrected chi connectivity index (χ4v) is 3.17. The molecule has 1 fully saturated rings. The molecule has 1 aliphatic rings. The number of nitrogens with one attached hydrogen (secondary N) is 1. The fourth-order valence-electron chi connectivity index (χ4n) is 3.17. The highest BCUT2D eigenvalue weighted by atomic mass is 16.5. The van der Waals surface area contributed by atoms with Crippen molar-refractivity contribution in [1.29, 1.82) is 0 Å². The Labute approximate surface area is 173 Å². The number of rotatable bonds is 8. The molecular formula is C21H22N2O7. The van der Waals surface area contributed by atoms with Gasteiger partial charge in [-0.3, -0.25) is 10.1 Å². The molecule has 1 atom stereocenters. The third-order valence-electron chi connectivity index (χ3n) is 4.76. The van der Waals surface area contributed by atoms with Crippen LogP contribution in [0, 0.1) is 0 Å². The largest absolute Gasteiger partial charge is 0.494 e. The molecule has 0 spiro atoms. The molecule has 0 saturated carbocycles. The molecule has 3 rings (SSSR count). The van der Waals surface area contributed by atoms with E-state index >= 15 is 0 Å². The second-order valence-corrected chi connectivity index (χ2v) is 6.60. The molecule has 2 amide bonds. The number of ether oxygens (including phenoxy) is 3. The number of nitrogens with zero attached hydrogens (tertiary/aromatic N) is 1. The van der Waals surface area contributed by atoms with Crippen LogP contribution < -0.4 is 14.8 Å². The highest BCUT2D eigenvalue weighted by Crippen LogP contribution is 2.39. The number of carboxylic acids is 1. The monoisotopic (exact) mass is 414 g/mol. The Morgan fingerprint density at radius 3 is 2.47 bits per heavy atom. The Bertz CT molecular complexity index is 946. The van der Waals surface area contributed by atoms with Crippen molar-refractivity contribution in [2.24, 2.45) is 0 Å². The van der Waals surface area contributed by atoms with Gasteiger partial charge in [0.15, 0.2) is 5.75 Å². The van der Waals surface area contributed by atoms with E-state index < -0.39 is 18.1 Å². The van der Waals surface area contributed by atoms with Crippen LogP contribution in [0.15, 0.2) is 42.5 Å². The Morgan fingerprint density at radius 2 is 1.87 bits per heavy atom. The zero-order chi connectivity index (χ0) is 21.7. The van der Waals surface area contributed by atoms with Crippen LogP contribution in [0.1, 0.15) is 17.5 Å². The molecule has 0 aromatic heterocycles. The maximum atomic E-state index is 12.3. The summed E-state index contributed by atoms with van der Waals surface area (Å²) in [6.45, 7) is 0.107. The van der Waals surface area contributed by atoms with Gasteiger partial charge in [-0.15, -0.1) is 0 Å². The molecule has 1 saturated heterocycles. The van der Waals surface area contributed by atoms with Gasteiger partial charge in [0.1, 0.15) is 24.1 Å². The number of methoxy groups -OCH3 is 2. The van der Waals surface area contributed by atoms with Crippen LogP contribution in [0.2, 0.25) is 0 Å². The van der Waals surface area contributed by atoms with Crippen molar-refractivity contribution >= 4 is 23.7 Å². The summed E-state index contributed by atoms with van der Waals surface area (Å²) >= 11 is 0. The molecule has 0 radical (unpaired) electrons. The summed E-state index contributed by atoms with van der Waals surface area (Å²) in [6, 6.07) is 11.6. The quantitative estimate of drug-likeness (QED) is 0.638. The number of carbonyl (C=O) groups excluding carboxylic acids is 2. The number of anilines is 1. The summed E-state index contributed by atoms with van der Waals surface area (Å²) in [6.07, 6.45) is -0.749. The third-order valence-corrected chi connectivity index (χ3v) is 4.76. The first-order valence-electron chi connectivity index (χ1n) is 9.18. The Hall–Kier alpha value is -3.75. The molecule has 9 heteroatoms. The molecule has 1 unspecified atom stereocenters. The Kier molecular flexibility index (Phi) is 6.41. The van der Waals surface area contributed by atoms with Crippen molar-refractivity contribution in [1.82, 2.24) is 4.90 Å². The van der Waals surface area contributed by atoms with Crippen molar-refractivity contribution in [2.45, 2.75) is 25.6 Å². The van der Waals surface area contributed by atoms with Crippen LogP contribution in [0.5, 0.6) is 11.5 Å². The van der Waals surface area contributed by atoms with E-state index in [9.17, 15) is 19.5 Å². The smallest absolute Gasteiger partial charge is 0.412 e. The predicted molar refractivity (Wildman–Crippen MR) is 106 cm³/mol. The van der Waals surface area contributed by atoms with Gasteiger partial charge in [-0.1, -0.05) is 30.3 Å². The first kappa shape index (κ1) is 21.0. The van der Waals surface area contributed by atoms with Gasteiger partial charge in [-0.05, 0) is 17.7 Å². The van der Waals surface area contributed by atoms with Crippen molar-refractivity contribution in [3.05, 3.63) is 53.6 Å². The number of β-lactam (4-membered cyclic amide) rings is 1. The standard InChI is InChI=1S/C21H22N2O7/c1-28-16-9-8-14(11-23-15(20(25)26)10-17(23)24)19(29-2)18(16)22-21(27)30-12-13-6-4-3-5-7-13/h3-9,15H,10-12H2,1-2H3,(H,22,27)(H,25,26). The van der Waals surface area contributed by atoms with Crippen molar-refractivity contribution in [3.63, 3.8) is 0 Å². The number of hydrogen-bond donors (Lipinski definition) is 2. The van der Waals surface area contributed by atoms with Gasteiger partial charge in [0, 0.05) is 5.56 Å². The topological polar surface area (TPSA) is 114 Å². The van der Waals surface area contributed by atoms with E-state index in [2.05, 4.69) is 5.32 Å². The molecule has 158 valence electrons. The van der Waals surface area contributed by atoms with Gasteiger partial charge in [-0.2, -0.15) is 0 Å². The SMILES string of the molecule is COc1ccc(CN2C(=O)CC2C(=O)O)c(OC)c1NC(=O)OCc1ccccc1. The average molecular weight is 414 g/mol. The number of carboxylic acid groups (broad SMARTS) is 1. The fraction of sp³-hybridized carbons (Fsp3) is 0.286. The summed E-state index contributed by atoms with van der Waals surface area (Å²) < 4.78 is 16.0. The third kappa shape index (κ3) is 4.45. The maximum Gasteiger partial charge on any atom is 0.412 e. The summed E-state index contributed by atoms with van der Waals surface area (Å²) in [5.41, 5.74) is 1.59. The molecule has 1 heterocycles. The minimum atomic E-state index is -1.06. The van der Waals surface area contributed by atoms with E-state index in [4.69, 9.17) is 14.2 Å². The molecule has 9 nitrogen and oxygen atoms in total. The lowest BCUT2D eigenvalue weighted by molar-refractivity contribution is -0.162. The Morgan fingerprint density at radius 1 is 1.13 bits per heavy atom. The average Bonchev–Trinajstić information content (AvgIpc) is 2.74. The molecular weight excluding hydrogens is 392 g/mol. The lowest BCUT2D eigenvalue weighted by atomic mass is 10.00. The molecule has 2 N–H and O–H groups in total. The van der Waals surface area contributed by atoms with E-state index in [0.29, 0.717) is 11.3 Å². The van der Waals surface area contributed by atoms with Crippen LogP contribution in [0.25, 0.3) is 0 Å².